The third-order valence-electron chi connectivity index (χ3n) is 4.59. The largest absolute Gasteiger partial charge is 0.369 e. The Bertz CT molecular complexity index is 396. The van der Waals surface area contributed by atoms with Gasteiger partial charge in [0.15, 0.2) is 0 Å². The van der Waals surface area contributed by atoms with Crippen LogP contribution in [-0.2, 0) is 0 Å². The Balaban J connectivity index is 2.29. The Labute approximate surface area is 124 Å². The summed E-state index contributed by atoms with van der Waals surface area (Å²) in [6, 6.07) is 10.2. The molecule has 1 aliphatic carbocycles. The number of hydrogen-bond donors (Lipinski definition) is 1. The first-order valence-corrected chi connectivity index (χ1v) is 8.40. The maximum atomic E-state index is 3.63. The minimum atomic E-state index is 0.478. The fourth-order valence-corrected chi connectivity index (χ4v) is 3.61. The molecule has 2 rings (SSSR count). The van der Waals surface area contributed by atoms with Gasteiger partial charge in [0.1, 0.15) is 0 Å². The molecule has 2 nitrogen and oxygen atoms in total. The number of para-hydroxylation sites is 1. The number of nitrogens with zero attached hydrogens (tertiary/aromatic N) is 1. The van der Waals surface area contributed by atoms with Crippen LogP contribution in [0.5, 0.6) is 0 Å². The molecule has 0 aromatic heterocycles. The van der Waals surface area contributed by atoms with Crippen molar-refractivity contribution in [3.63, 3.8) is 0 Å². The molecule has 1 atom stereocenters. The maximum Gasteiger partial charge on any atom is 0.0417 e. The molecule has 0 saturated heterocycles. The highest BCUT2D eigenvalue weighted by molar-refractivity contribution is 5.56. The Morgan fingerprint density at radius 1 is 1.15 bits per heavy atom. The minimum Gasteiger partial charge on any atom is -0.369 e. The first-order chi connectivity index (χ1) is 9.81. The van der Waals surface area contributed by atoms with Crippen LogP contribution in [0.25, 0.3) is 0 Å². The summed E-state index contributed by atoms with van der Waals surface area (Å²) in [5.41, 5.74) is 2.93. The van der Waals surface area contributed by atoms with Crippen LogP contribution in [0.3, 0.4) is 0 Å². The zero-order valence-electron chi connectivity index (χ0n) is 13.4. The van der Waals surface area contributed by atoms with Gasteiger partial charge in [-0.25, -0.2) is 0 Å². The molecule has 20 heavy (non-hydrogen) atoms. The summed E-state index contributed by atoms with van der Waals surface area (Å²) in [5.74, 6) is 0. The number of hydrogen-bond acceptors (Lipinski definition) is 2. The van der Waals surface area contributed by atoms with E-state index in [2.05, 4.69) is 55.3 Å². The first kappa shape index (κ1) is 15.4. The summed E-state index contributed by atoms with van der Waals surface area (Å²) in [4.78, 5) is 2.64. The standard InChI is InChI=1S/C18H30N2/c1-4-17(19-5-2)16-13-9-10-14-18(16)20(6-3)15-11-7-8-12-15/h9-10,13-15,17,19H,4-8,11-12H2,1-3H3. The smallest absolute Gasteiger partial charge is 0.0417 e. The van der Waals surface area contributed by atoms with Gasteiger partial charge in [-0.05, 0) is 44.4 Å². The monoisotopic (exact) mass is 274 g/mol. The lowest BCUT2D eigenvalue weighted by Crippen LogP contribution is -2.34. The van der Waals surface area contributed by atoms with Crippen LogP contribution >= 0.6 is 0 Å². The van der Waals surface area contributed by atoms with E-state index in [1.54, 1.807) is 0 Å². The molecular weight excluding hydrogens is 244 g/mol. The highest BCUT2D eigenvalue weighted by atomic mass is 15.2. The van der Waals surface area contributed by atoms with E-state index >= 15 is 0 Å². The van der Waals surface area contributed by atoms with E-state index in [1.165, 1.54) is 36.9 Å². The average molecular weight is 274 g/mol. The molecule has 0 spiro atoms. The van der Waals surface area contributed by atoms with Gasteiger partial charge in [0.05, 0.1) is 0 Å². The normalized spacial score (nSPS) is 17.4. The van der Waals surface area contributed by atoms with E-state index in [0.29, 0.717) is 6.04 Å². The molecule has 2 heteroatoms. The summed E-state index contributed by atoms with van der Waals surface area (Å²) in [6.07, 6.45) is 6.66. The van der Waals surface area contributed by atoms with Gasteiger partial charge in [-0.1, -0.05) is 44.9 Å². The highest BCUT2D eigenvalue weighted by Crippen LogP contribution is 2.33. The van der Waals surface area contributed by atoms with Crippen LogP contribution in [0.1, 0.15) is 64.5 Å². The van der Waals surface area contributed by atoms with Crippen LogP contribution in [0.15, 0.2) is 24.3 Å². The molecule has 0 heterocycles. The number of benzene rings is 1. The molecule has 0 aliphatic heterocycles. The fraction of sp³-hybridized carbons (Fsp3) is 0.667. The van der Waals surface area contributed by atoms with Gasteiger partial charge >= 0.3 is 0 Å². The lowest BCUT2D eigenvalue weighted by Gasteiger charge is -2.33. The first-order valence-electron chi connectivity index (χ1n) is 8.40. The predicted octanol–water partition coefficient (Wildman–Crippen LogP) is 4.52. The Morgan fingerprint density at radius 2 is 1.85 bits per heavy atom. The van der Waals surface area contributed by atoms with Crippen molar-refractivity contribution in [1.82, 2.24) is 5.32 Å². The summed E-state index contributed by atoms with van der Waals surface area (Å²) < 4.78 is 0. The third kappa shape index (κ3) is 3.35. The topological polar surface area (TPSA) is 15.3 Å². The average Bonchev–Trinajstić information content (AvgIpc) is 3.00. The lowest BCUT2D eigenvalue weighted by atomic mass is 10.00. The van der Waals surface area contributed by atoms with Crippen LogP contribution in [0.4, 0.5) is 5.69 Å². The number of anilines is 1. The fourth-order valence-electron chi connectivity index (χ4n) is 3.61. The Morgan fingerprint density at radius 3 is 2.45 bits per heavy atom. The molecule has 112 valence electrons. The second kappa shape index (κ2) is 7.68. The van der Waals surface area contributed by atoms with E-state index in [0.717, 1.165) is 25.6 Å². The predicted molar refractivity (Wildman–Crippen MR) is 88.4 cm³/mol. The van der Waals surface area contributed by atoms with Gasteiger partial charge < -0.3 is 10.2 Å². The summed E-state index contributed by atoms with van der Waals surface area (Å²) in [7, 11) is 0. The van der Waals surface area contributed by atoms with Crippen molar-refractivity contribution in [2.24, 2.45) is 0 Å². The van der Waals surface area contributed by atoms with Crippen molar-refractivity contribution < 1.29 is 0 Å². The van der Waals surface area contributed by atoms with Crippen LogP contribution < -0.4 is 10.2 Å². The van der Waals surface area contributed by atoms with E-state index < -0.39 is 0 Å². The SMILES string of the molecule is CCNC(CC)c1ccccc1N(CC)C1CCCC1. The van der Waals surface area contributed by atoms with Crippen molar-refractivity contribution in [2.45, 2.75) is 65.0 Å². The summed E-state index contributed by atoms with van der Waals surface area (Å²) >= 11 is 0. The molecule has 1 saturated carbocycles. The lowest BCUT2D eigenvalue weighted by molar-refractivity contribution is 0.531. The number of rotatable bonds is 7. The third-order valence-corrected chi connectivity index (χ3v) is 4.59. The van der Waals surface area contributed by atoms with E-state index in [1.807, 2.05) is 0 Å². The molecule has 1 aromatic rings. The van der Waals surface area contributed by atoms with E-state index in [9.17, 15) is 0 Å². The van der Waals surface area contributed by atoms with Gasteiger partial charge in [-0.15, -0.1) is 0 Å². The van der Waals surface area contributed by atoms with Crippen LogP contribution in [0.2, 0.25) is 0 Å². The van der Waals surface area contributed by atoms with Crippen LogP contribution in [-0.4, -0.2) is 19.1 Å². The second-order valence-electron chi connectivity index (χ2n) is 5.80. The zero-order valence-corrected chi connectivity index (χ0v) is 13.4. The molecule has 1 unspecified atom stereocenters. The minimum absolute atomic E-state index is 0.478. The Kier molecular flexibility index (Phi) is 5.90. The van der Waals surface area contributed by atoms with Gasteiger partial charge in [0, 0.05) is 24.3 Å². The highest BCUT2D eigenvalue weighted by Gasteiger charge is 2.24. The van der Waals surface area contributed by atoms with Crippen molar-refractivity contribution in [3.05, 3.63) is 29.8 Å². The van der Waals surface area contributed by atoms with Crippen molar-refractivity contribution in [2.75, 3.05) is 18.0 Å². The molecule has 0 radical (unpaired) electrons. The van der Waals surface area contributed by atoms with E-state index in [4.69, 9.17) is 0 Å². The molecule has 0 amide bonds. The van der Waals surface area contributed by atoms with Gasteiger partial charge in [0.25, 0.3) is 0 Å². The van der Waals surface area contributed by atoms with E-state index in [-0.39, 0.29) is 0 Å². The summed E-state index contributed by atoms with van der Waals surface area (Å²) in [5, 5.41) is 3.63. The van der Waals surface area contributed by atoms with Crippen molar-refractivity contribution >= 4 is 5.69 Å². The molecule has 1 N–H and O–H groups in total. The molecular formula is C18H30N2. The molecule has 1 aliphatic rings. The van der Waals surface area contributed by atoms with Gasteiger partial charge in [0.2, 0.25) is 0 Å². The van der Waals surface area contributed by atoms with Crippen molar-refractivity contribution in [1.29, 1.82) is 0 Å². The van der Waals surface area contributed by atoms with Crippen LogP contribution in [0, 0.1) is 0 Å². The zero-order chi connectivity index (χ0) is 14.4. The number of nitrogens with one attached hydrogen (secondary N) is 1. The van der Waals surface area contributed by atoms with Gasteiger partial charge in [-0.3, -0.25) is 0 Å². The quantitative estimate of drug-likeness (QED) is 0.786. The van der Waals surface area contributed by atoms with Crippen molar-refractivity contribution in [3.8, 4) is 0 Å². The van der Waals surface area contributed by atoms with Gasteiger partial charge in [-0.2, -0.15) is 0 Å². The molecule has 1 fully saturated rings. The Hall–Kier alpha value is -1.02. The molecule has 0 bridgehead atoms. The maximum absolute atomic E-state index is 3.63. The molecule has 1 aromatic carbocycles. The second-order valence-corrected chi connectivity index (χ2v) is 5.80. The summed E-state index contributed by atoms with van der Waals surface area (Å²) in [6.45, 7) is 8.91.